The van der Waals surface area contributed by atoms with Gasteiger partial charge in [0.1, 0.15) is 0 Å². The van der Waals surface area contributed by atoms with Gasteiger partial charge >= 0.3 is 0 Å². The summed E-state index contributed by atoms with van der Waals surface area (Å²) in [5.41, 5.74) is 7.70. The normalized spacial score (nSPS) is 10.4. The molecule has 0 amide bonds. The molecule has 0 unspecified atom stereocenters. The Morgan fingerprint density at radius 1 is 1.43 bits per heavy atom. The van der Waals surface area contributed by atoms with Crippen molar-refractivity contribution in [1.29, 1.82) is 0 Å². The van der Waals surface area contributed by atoms with Crippen LogP contribution in [0.25, 0.3) is 11.4 Å². The summed E-state index contributed by atoms with van der Waals surface area (Å²) in [5, 5.41) is 0.493. The molecule has 0 atom stereocenters. The number of nitrogen functional groups attached to an aromatic ring is 1. The van der Waals surface area contributed by atoms with Crippen LogP contribution in [0.2, 0.25) is 0 Å². The monoisotopic (exact) mass is 269 g/mol. The molecule has 1 aromatic heterocycles. The zero-order chi connectivity index (χ0) is 10.1. The number of nitrogens with zero attached hydrogens (tertiary/aromatic N) is 2. The summed E-state index contributed by atoms with van der Waals surface area (Å²) in [6.07, 6.45) is 0. The lowest BCUT2D eigenvalue weighted by molar-refractivity contribution is 1.31. The molecule has 0 aliphatic heterocycles. The van der Waals surface area contributed by atoms with Crippen LogP contribution in [0.3, 0.4) is 0 Å². The lowest BCUT2D eigenvalue weighted by Crippen LogP contribution is -1.85. The standard InChI is InChI=1S/C9H8BrN3S/c1-5-2-3-6(7(10)4-5)8-12-9(11)14-13-8/h2-4H,1H3,(H2,11,12,13). The zero-order valence-electron chi connectivity index (χ0n) is 7.49. The maximum absolute atomic E-state index is 5.53. The summed E-state index contributed by atoms with van der Waals surface area (Å²) < 4.78 is 5.15. The van der Waals surface area contributed by atoms with Crippen LogP contribution in [0.1, 0.15) is 5.56 Å². The SMILES string of the molecule is Cc1ccc(-c2nsc(N)n2)c(Br)c1. The lowest BCUT2D eigenvalue weighted by atomic mass is 10.1. The van der Waals surface area contributed by atoms with Gasteiger partial charge in [0.15, 0.2) is 11.0 Å². The van der Waals surface area contributed by atoms with Crippen molar-refractivity contribution >= 4 is 32.6 Å². The minimum Gasteiger partial charge on any atom is -0.374 e. The van der Waals surface area contributed by atoms with Gasteiger partial charge in [0.2, 0.25) is 0 Å². The second-order valence-electron chi connectivity index (χ2n) is 2.94. The van der Waals surface area contributed by atoms with Crippen molar-refractivity contribution in [3.05, 3.63) is 28.2 Å². The van der Waals surface area contributed by atoms with E-state index >= 15 is 0 Å². The zero-order valence-corrected chi connectivity index (χ0v) is 9.89. The third-order valence-electron chi connectivity index (χ3n) is 1.81. The third-order valence-corrected chi connectivity index (χ3v) is 3.01. The van der Waals surface area contributed by atoms with Crippen LogP contribution >= 0.6 is 27.5 Å². The predicted molar refractivity (Wildman–Crippen MR) is 62.2 cm³/mol. The van der Waals surface area contributed by atoms with E-state index in [1.807, 2.05) is 25.1 Å². The fraction of sp³-hybridized carbons (Fsp3) is 0.111. The van der Waals surface area contributed by atoms with E-state index in [9.17, 15) is 0 Å². The number of rotatable bonds is 1. The summed E-state index contributed by atoms with van der Waals surface area (Å²) in [7, 11) is 0. The topological polar surface area (TPSA) is 51.8 Å². The summed E-state index contributed by atoms with van der Waals surface area (Å²) >= 11 is 4.68. The minimum absolute atomic E-state index is 0.493. The molecule has 14 heavy (non-hydrogen) atoms. The first-order valence-corrected chi connectivity index (χ1v) is 5.59. The number of anilines is 1. The molecule has 2 aromatic rings. The summed E-state index contributed by atoms with van der Waals surface area (Å²) in [4.78, 5) is 4.13. The Kier molecular flexibility index (Phi) is 2.52. The average molecular weight is 270 g/mol. The number of halogens is 1. The second kappa shape index (κ2) is 3.67. The van der Waals surface area contributed by atoms with Gasteiger partial charge in [0.05, 0.1) is 0 Å². The van der Waals surface area contributed by atoms with Crippen LogP contribution in [0.5, 0.6) is 0 Å². The van der Waals surface area contributed by atoms with Crippen molar-refractivity contribution in [2.45, 2.75) is 6.92 Å². The molecule has 1 aromatic carbocycles. The highest BCUT2D eigenvalue weighted by Gasteiger charge is 2.07. The van der Waals surface area contributed by atoms with E-state index in [1.54, 1.807) is 0 Å². The Morgan fingerprint density at radius 3 is 2.79 bits per heavy atom. The molecular weight excluding hydrogens is 262 g/mol. The average Bonchev–Trinajstić information content (AvgIpc) is 2.51. The van der Waals surface area contributed by atoms with Gasteiger partial charge in [0, 0.05) is 21.6 Å². The van der Waals surface area contributed by atoms with Crippen molar-refractivity contribution in [2.24, 2.45) is 0 Å². The fourth-order valence-corrected chi connectivity index (χ4v) is 2.26. The number of hydrogen-bond donors (Lipinski definition) is 1. The molecule has 0 saturated carbocycles. The van der Waals surface area contributed by atoms with Crippen LogP contribution in [0.4, 0.5) is 5.13 Å². The Balaban J connectivity index is 2.52. The van der Waals surface area contributed by atoms with Crippen LogP contribution in [-0.4, -0.2) is 9.36 Å². The van der Waals surface area contributed by atoms with Crippen molar-refractivity contribution in [2.75, 3.05) is 5.73 Å². The minimum atomic E-state index is 0.493. The molecule has 2 rings (SSSR count). The van der Waals surface area contributed by atoms with Gasteiger partial charge in [-0.1, -0.05) is 22.0 Å². The molecule has 2 N–H and O–H groups in total. The molecule has 0 bridgehead atoms. The summed E-state index contributed by atoms with van der Waals surface area (Å²) in [6.45, 7) is 2.04. The number of aryl methyl sites for hydroxylation is 1. The van der Waals surface area contributed by atoms with Gasteiger partial charge in [-0.2, -0.15) is 9.36 Å². The highest BCUT2D eigenvalue weighted by molar-refractivity contribution is 9.10. The molecule has 5 heteroatoms. The highest BCUT2D eigenvalue weighted by Crippen LogP contribution is 2.28. The Morgan fingerprint density at radius 2 is 2.21 bits per heavy atom. The van der Waals surface area contributed by atoms with E-state index in [1.165, 1.54) is 17.1 Å². The Hall–Kier alpha value is -0.940. The first-order chi connectivity index (χ1) is 6.66. The molecule has 0 saturated heterocycles. The van der Waals surface area contributed by atoms with Crippen molar-refractivity contribution in [1.82, 2.24) is 9.36 Å². The van der Waals surface area contributed by atoms with E-state index in [-0.39, 0.29) is 0 Å². The molecule has 0 radical (unpaired) electrons. The van der Waals surface area contributed by atoms with Gasteiger partial charge in [-0.05, 0) is 24.6 Å². The number of hydrogen-bond acceptors (Lipinski definition) is 4. The van der Waals surface area contributed by atoms with Gasteiger partial charge < -0.3 is 5.73 Å². The maximum atomic E-state index is 5.53. The van der Waals surface area contributed by atoms with E-state index in [0.29, 0.717) is 11.0 Å². The number of aromatic nitrogens is 2. The van der Waals surface area contributed by atoms with Crippen LogP contribution in [0.15, 0.2) is 22.7 Å². The van der Waals surface area contributed by atoms with Gasteiger partial charge in [-0.3, -0.25) is 0 Å². The Labute approximate surface area is 94.3 Å². The van der Waals surface area contributed by atoms with E-state index < -0.39 is 0 Å². The molecule has 1 heterocycles. The summed E-state index contributed by atoms with van der Waals surface area (Å²) in [6, 6.07) is 6.05. The Bertz CT molecular complexity index is 467. The predicted octanol–water partition coefficient (Wildman–Crippen LogP) is 2.86. The van der Waals surface area contributed by atoms with Crippen molar-refractivity contribution < 1.29 is 0 Å². The largest absolute Gasteiger partial charge is 0.374 e. The third kappa shape index (κ3) is 1.78. The molecule has 3 nitrogen and oxygen atoms in total. The lowest BCUT2D eigenvalue weighted by Gasteiger charge is -2.00. The van der Waals surface area contributed by atoms with Crippen molar-refractivity contribution in [3.8, 4) is 11.4 Å². The van der Waals surface area contributed by atoms with Gasteiger partial charge in [0.25, 0.3) is 0 Å². The first-order valence-electron chi connectivity index (χ1n) is 4.02. The van der Waals surface area contributed by atoms with Crippen LogP contribution in [-0.2, 0) is 0 Å². The molecule has 0 aliphatic rings. The van der Waals surface area contributed by atoms with E-state index in [4.69, 9.17) is 5.73 Å². The maximum Gasteiger partial charge on any atom is 0.200 e. The molecule has 0 spiro atoms. The fourth-order valence-electron chi connectivity index (χ4n) is 1.15. The molecule has 0 fully saturated rings. The van der Waals surface area contributed by atoms with Gasteiger partial charge in [-0.15, -0.1) is 0 Å². The van der Waals surface area contributed by atoms with Crippen LogP contribution < -0.4 is 5.73 Å². The smallest absolute Gasteiger partial charge is 0.200 e. The molecule has 0 aliphatic carbocycles. The summed E-state index contributed by atoms with van der Waals surface area (Å²) in [5.74, 6) is 0.680. The number of nitrogens with two attached hydrogens (primary N) is 1. The second-order valence-corrected chi connectivity index (χ2v) is 4.58. The van der Waals surface area contributed by atoms with Crippen molar-refractivity contribution in [3.63, 3.8) is 0 Å². The van der Waals surface area contributed by atoms with E-state index in [2.05, 4.69) is 25.3 Å². The van der Waals surface area contributed by atoms with Crippen LogP contribution in [0, 0.1) is 6.92 Å². The van der Waals surface area contributed by atoms with Gasteiger partial charge in [-0.25, -0.2) is 0 Å². The van der Waals surface area contributed by atoms with E-state index in [0.717, 1.165) is 10.0 Å². The quantitative estimate of drug-likeness (QED) is 0.866. The molecular formula is C9H8BrN3S. The molecule has 72 valence electrons. The highest BCUT2D eigenvalue weighted by atomic mass is 79.9. The number of benzene rings is 1. The first kappa shape index (κ1) is 9.61.